The third kappa shape index (κ3) is 3.09. The van der Waals surface area contributed by atoms with E-state index in [-0.39, 0.29) is 5.82 Å². The molecule has 0 aliphatic carbocycles. The number of nitrogens with zero attached hydrogens (tertiary/aromatic N) is 1. The molecule has 0 amide bonds. The number of hydrogen-bond donors (Lipinski definition) is 1. The summed E-state index contributed by atoms with van der Waals surface area (Å²) in [6, 6.07) is 9.23. The van der Waals surface area contributed by atoms with Gasteiger partial charge in [0.15, 0.2) is 0 Å². The first kappa shape index (κ1) is 13.5. The van der Waals surface area contributed by atoms with Gasteiger partial charge in [0.2, 0.25) is 0 Å². The van der Waals surface area contributed by atoms with Crippen molar-refractivity contribution in [3.8, 4) is 5.75 Å². The molecule has 1 unspecified atom stereocenters. The molecule has 1 heterocycles. The lowest BCUT2D eigenvalue weighted by molar-refractivity contribution is 0.414. The van der Waals surface area contributed by atoms with Gasteiger partial charge in [-0.25, -0.2) is 4.39 Å². The number of pyridine rings is 1. The van der Waals surface area contributed by atoms with Crippen molar-refractivity contribution in [2.75, 3.05) is 7.11 Å². The van der Waals surface area contributed by atoms with Gasteiger partial charge in [-0.05, 0) is 37.1 Å². The van der Waals surface area contributed by atoms with Crippen LogP contribution in [0.2, 0.25) is 0 Å². The Morgan fingerprint density at radius 3 is 2.53 bits per heavy atom. The molecule has 19 heavy (non-hydrogen) atoms. The first-order valence-electron chi connectivity index (χ1n) is 6.05. The Balaban J connectivity index is 2.23. The lowest BCUT2D eigenvalue weighted by Crippen LogP contribution is -2.36. The molecule has 4 heteroatoms. The molecule has 2 N–H and O–H groups in total. The van der Waals surface area contributed by atoms with E-state index in [0.29, 0.717) is 12.0 Å². The summed E-state index contributed by atoms with van der Waals surface area (Å²) in [4.78, 5) is 3.74. The highest BCUT2D eigenvalue weighted by molar-refractivity contribution is 5.31. The Bertz CT molecular complexity index is 552. The molecule has 0 radical (unpaired) electrons. The molecule has 2 aromatic rings. The van der Waals surface area contributed by atoms with Crippen LogP contribution in [-0.4, -0.2) is 12.1 Å². The third-order valence-electron chi connectivity index (χ3n) is 3.12. The first-order chi connectivity index (χ1) is 9.03. The van der Waals surface area contributed by atoms with Gasteiger partial charge in [0, 0.05) is 17.3 Å². The second-order valence-electron chi connectivity index (χ2n) is 4.80. The lowest BCUT2D eigenvalue weighted by Gasteiger charge is -2.25. The summed E-state index contributed by atoms with van der Waals surface area (Å²) in [5.74, 6) is 0.415. The fourth-order valence-electron chi connectivity index (χ4n) is 2.10. The lowest BCUT2D eigenvalue weighted by atomic mass is 9.87. The summed E-state index contributed by atoms with van der Waals surface area (Å²) in [6.07, 6.45) is 3.28. The third-order valence-corrected chi connectivity index (χ3v) is 3.12. The molecule has 0 aliphatic heterocycles. The summed E-state index contributed by atoms with van der Waals surface area (Å²) < 4.78 is 18.8. The summed E-state index contributed by atoms with van der Waals surface area (Å²) >= 11 is 0. The normalized spacial score (nSPS) is 13.9. The van der Waals surface area contributed by atoms with E-state index in [1.54, 1.807) is 19.4 Å². The predicted molar refractivity (Wildman–Crippen MR) is 72.4 cm³/mol. The maximum absolute atomic E-state index is 13.7. The second kappa shape index (κ2) is 5.36. The van der Waals surface area contributed by atoms with Crippen LogP contribution in [-0.2, 0) is 12.0 Å². The maximum atomic E-state index is 13.7. The highest BCUT2D eigenvalue weighted by Gasteiger charge is 2.25. The molecule has 1 atom stereocenters. The summed E-state index contributed by atoms with van der Waals surface area (Å²) in [5, 5.41) is 0. The number of benzene rings is 1. The fourth-order valence-corrected chi connectivity index (χ4v) is 2.10. The van der Waals surface area contributed by atoms with Gasteiger partial charge in [0.25, 0.3) is 0 Å². The second-order valence-corrected chi connectivity index (χ2v) is 4.80. The molecule has 3 nitrogen and oxygen atoms in total. The monoisotopic (exact) mass is 260 g/mol. The molecule has 0 bridgehead atoms. The summed E-state index contributed by atoms with van der Waals surface area (Å²) in [6.45, 7) is 1.82. The summed E-state index contributed by atoms with van der Waals surface area (Å²) in [7, 11) is 1.62. The van der Waals surface area contributed by atoms with Gasteiger partial charge >= 0.3 is 0 Å². The fraction of sp³-hybridized carbons (Fsp3) is 0.267. The van der Waals surface area contributed by atoms with Crippen LogP contribution >= 0.6 is 0 Å². The minimum absolute atomic E-state index is 0.374. The van der Waals surface area contributed by atoms with Crippen molar-refractivity contribution < 1.29 is 9.13 Å². The molecule has 0 aliphatic rings. The van der Waals surface area contributed by atoms with Gasteiger partial charge in [-0.2, -0.15) is 0 Å². The molecule has 100 valence electrons. The molecule has 2 rings (SSSR count). The first-order valence-corrected chi connectivity index (χ1v) is 6.05. The van der Waals surface area contributed by atoms with E-state index in [1.807, 2.05) is 31.2 Å². The van der Waals surface area contributed by atoms with Crippen LogP contribution < -0.4 is 10.5 Å². The van der Waals surface area contributed by atoms with Crippen molar-refractivity contribution in [2.24, 2.45) is 5.73 Å². The van der Waals surface area contributed by atoms with E-state index in [0.717, 1.165) is 11.3 Å². The number of rotatable bonds is 4. The van der Waals surface area contributed by atoms with E-state index >= 15 is 0 Å². The van der Waals surface area contributed by atoms with E-state index in [9.17, 15) is 4.39 Å². The Labute approximate surface area is 112 Å². The zero-order valence-electron chi connectivity index (χ0n) is 11.1. The van der Waals surface area contributed by atoms with E-state index in [2.05, 4.69) is 4.98 Å². The van der Waals surface area contributed by atoms with Gasteiger partial charge in [-0.3, -0.25) is 4.98 Å². The van der Waals surface area contributed by atoms with Crippen LogP contribution in [0, 0.1) is 5.82 Å². The molecule has 1 aromatic carbocycles. The van der Waals surface area contributed by atoms with E-state index < -0.39 is 5.54 Å². The van der Waals surface area contributed by atoms with Crippen molar-refractivity contribution in [3.05, 3.63) is 59.7 Å². The van der Waals surface area contributed by atoms with Crippen LogP contribution in [0.4, 0.5) is 4.39 Å². The van der Waals surface area contributed by atoms with Crippen molar-refractivity contribution >= 4 is 0 Å². The van der Waals surface area contributed by atoms with Crippen molar-refractivity contribution in [3.63, 3.8) is 0 Å². The zero-order chi connectivity index (χ0) is 13.9. The minimum atomic E-state index is -0.776. The molecular formula is C15H17FN2O. The van der Waals surface area contributed by atoms with E-state index in [1.165, 1.54) is 6.20 Å². The number of methoxy groups -OCH3 is 1. The number of aromatic nitrogens is 1. The van der Waals surface area contributed by atoms with Gasteiger partial charge in [0.05, 0.1) is 13.3 Å². The quantitative estimate of drug-likeness (QED) is 0.919. The molecule has 0 saturated heterocycles. The Morgan fingerprint density at radius 2 is 1.95 bits per heavy atom. The van der Waals surface area contributed by atoms with Crippen molar-refractivity contribution in [2.45, 2.75) is 18.9 Å². The topological polar surface area (TPSA) is 48.1 Å². The van der Waals surface area contributed by atoms with Crippen LogP contribution in [0.3, 0.4) is 0 Å². The Morgan fingerprint density at radius 1 is 1.26 bits per heavy atom. The van der Waals surface area contributed by atoms with Crippen LogP contribution in [0.15, 0.2) is 42.7 Å². The molecule has 0 spiro atoms. The van der Waals surface area contributed by atoms with Gasteiger partial charge < -0.3 is 10.5 Å². The Hall–Kier alpha value is -1.94. The molecule has 0 saturated carbocycles. The highest BCUT2D eigenvalue weighted by atomic mass is 19.1. The highest BCUT2D eigenvalue weighted by Crippen LogP contribution is 2.25. The predicted octanol–water partition coefficient (Wildman–Crippen LogP) is 2.65. The van der Waals surface area contributed by atoms with Crippen LogP contribution in [0.25, 0.3) is 0 Å². The SMILES string of the molecule is COc1ccc(CC(C)(N)c2ccncc2F)cc1. The molecule has 0 fully saturated rings. The smallest absolute Gasteiger partial charge is 0.146 e. The molecule has 1 aromatic heterocycles. The number of hydrogen-bond acceptors (Lipinski definition) is 3. The largest absolute Gasteiger partial charge is 0.497 e. The van der Waals surface area contributed by atoms with E-state index in [4.69, 9.17) is 10.5 Å². The van der Waals surface area contributed by atoms with Crippen LogP contribution in [0.5, 0.6) is 5.75 Å². The maximum Gasteiger partial charge on any atom is 0.146 e. The van der Waals surface area contributed by atoms with Crippen molar-refractivity contribution in [1.82, 2.24) is 4.98 Å². The number of halogens is 1. The molecular weight excluding hydrogens is 243 g/mol. The zero-order valence-corrected chi connectivity index (χ0v) is 11.1. The van der Waals surface area contributed by atoms with Gasteiger partial charge in [-0.1, -0.05) is 12.1 Å². The Kier molecular flexibility index (Phi) is 3.81. The van der Waals surface area contributed by atoms with Gasteiger partial charge in [-0.15, -0.1) is 0 Å². The van der Waals surface area contributed by atoms with Crippen molar-refractivity contribution in [1.29, 1.82) is 0 Å². The van der Waals surface area contributed by atoms with Gasteiger partial charge in [0.1, 0.15) is 11.6 Å². The number of nitrogens with two attached hydrogens (primary N) is 1. The summed E-state index contributed by atoms with van der Waals surface area (Å²) in [5.41, 5.74) is 6.97. The standard InChI is InChI=1S/C15H17FN2O/c1-15(17,13-7-8-18-10-14(13)16)9-11-3-5-12(19-2)6-4-11/h3-8,10H,9,17H2,1-2H3. The minimum Gasteiger partial charge on any atom is -0.497 e. The number of ether oxygens (including phenoxy) is 1. The average Bonchev–Trinajstić information content (AvgIpc) is 2.39. The van der Waals surface area contributed by atoms with Crippen LogP contribution in [0.1, 0.15) is 18.1 Å². The average molecular weight is 260 g/mol.